The van der Waals surface area contributed by atoms with Crippen molar-refractivity contribution in [3.8, 4) is 0 Å². The Labute approximate surface area is 82.6 Å². The van der Waals surface area contributed by atoms with Crippen LogP contribution in [0.1, 0.15) is 23.0 Å². The van der Waals surface area contributed by atoms with Gasteiger partial charge in [0.25, 0.3) is 0 Å². The van der Waals surface area contributed by atoms with Crippen LogP contribution in [0.25, 0.3) is 0 Å². The summed E-state index contributed by atoms with van der Waals surface area (Å²) >= 11 is 0. The molecule has 2 radical (unpaired) electrons. The molecule has 0 saturated heterocycles. The van der Waals surface area contributed by atoms with E-state index in [4.69, 9.17) is 13.0 Å². The third kappa shape index (κ3) is 1.57. The van der Waals surface area contributed by atoms with Gasteiger partial charge in [0, 0.05) is 18.4 Å². The van der Waals surface area contributed by atoms with Crippen LogP contribution in [0, 0.1) is 6.92 Å². The Kier molecular flexibility index (Phi) is 2.79. The first-order valence-corrected chi connectivity index (χ1v) is 4.21. The Hall–Kier alpha value is -1.52. The highest BCUT2D eigenvalue weighted by atomic mass is 16.4. The van der Waals surface area contributed by atoms with E-state index in [2.05, 4.69) is 0 Å². The van der Waals surface area contributed by atoms with Crippen molar-refractivity contribution in [1.29, 1.82) is 0 Å². The van der Waals surface area contributed by atoms with Gasteiger partial charge in [-0.25, -0.2) is 4.79 Å². The standard InChI is InChI=1S/C9H10BNO3/c1-3-11-4-6(9(13)14)8(12)7(10)5(11)2/h4H,3H2,1-2H3,(H,13,14). The van der Waals surface area contributed by atoms with Crippen LogP contribution in [0.3, 0.4) is 0 Å². The molecule has 0 atom stereocenters. The minimum atomic E-state index is -1.25. The van der Waals surface area contributed by atoms with E-state index in [1.807, 2.05) is 6.92 Å². The SMILES string of the molecule is [B]c1c(C)n(CC)cc(C(=O)O)c1=O. The highest BCUT2D eigenvalue weighted by Gasteiger charge is 2.13. The maximum Gasteiger partial charge on any atom is 0.341 e. The summed E-state index contributed by atoms with van der Waals surface area (Å²) in [4.78, 5) is 22.1. The van der Waals surface area contributed by atoms with Gasteiger partial charge in [0.1, 0.15) is 13.4 Å². The van der Waals surface area contributed by atoms with Gasteiger partial charge in [0.2, 0.25) is 0 Å². The van der Waals surface area contributed by atoms with E-state index >= 15 is 0 Å². The van der Waals surface area contributed by atoms with Crippen molar-refractivity contribution in [3.63, 3.8) is 0 Å². The largest absolute Gasteiger partial charge is 0.477 e. The molecule has 0 spiro atoms. The maximum absolute atomic E-state index is 11.4. The monoisotopic (exact) mass is 191 g/mol. The molecule has 1 rings (SSSR count). The second kappa shape index (κ2) is 3.70. The van der Waals surface area contributed by atoms with Crippen LogP contribution < -0.4 is 10.9 Å². The quantitative estimate of drug-likeness (QED) is 0.651. The number of carboxylic acids is 1. The summed E-state index contributed by atoms with van der Waals surface area (Å²) in [7, 11) is 5.50. The van der Waals surface area contributed by atoms with Gasteiger partial charge < -0.3 is 9.67 Å². The molecule has 0 unspecified atom stereocenters. The molecule has 0 aliphatic carbocycles. The van der Waals surface area contributed by atoms with E-state index in [-0.39, 0.29) is 11.0 Å². The molecule has 1 aromatic rings. The van der Waals surface area contributed by atoms with Crippen LogP contribution in [0.15, 0.2) is 11.0 Å². The predicted octanol–water partition coefficient (Wildman–Crippen LogP) is -0.331. The highest BCUT2D eigenvalue weighted by molar-refractivity contribution is 6.33. The van der Waals surface area contributed by atoms with Crippen molar-refractivity contribution >= 4 is 19.3 Å². The van der Waals surface area contributed by atoms with Gasteiger partial charge in [0.05, 0.1) is 0 Å². The van der Waals surface area contributed by atoms with E-state index in [0.717, 1.165) is 0 Å². The molecule has 0 aliphatic rings. The minimum Gasteiger partial charge on any atom is -0.477 e. The minimum absolute atomic E-state index is 0.00625. The Morgan fingerprint density at radius 2 is 2.21 bits per heavy atom. The first-order chi connectivity index (χ1) is 6.49. The Morgan fingerprint density at radius 3 is 2.64 bits per heavy atom. The van der Waals surface area contributed by atoms with Gasteiger partial charge in [-0.2, -0.15) is 0 Å². The van der Waals surface area contributed by atoms with Crippen molar-refractivity contribution in [2.75, 3.05) is 0 Å². The average Bonchev–Trinajstić information content (AvgIpc) is 2.14. The van der Waals surface area contributed by atoms with Gasteiger partial charge in [-0.1, -0.05) is 0 Å². The molecule has 4 nitrogen and oxygen atoms in total. The van der Waals surface area contributed by atoms with Crippen LogP contribution in [-0.4, -0.2) is 23.5 Å². The topological polar surface area (TPSA) is 59.3 Å². The molecule has 0 bridgehead atoms. The van der Waals surface area contributed by atoms with Crippen molar-refractivity contribution < 1.29 is 9.90 Å². The lowest BCUT2D eigenvalue weighted by molar-refractivity contribution is 0.0694. The molecule has 1 aromatic heterocycles. The zero-order valence-corrected chi connectivity index (χ0v) is 8.07. The van der Waals surface area contributed by atoms with Crippen LogP contribution >= 0.6 is 0 Å². The smallest absolute Gasteiger partial charge is 0.341 e. The lowest BCUT2D eigenvalue weighted by Gasteiger charge is -2.11. The van der Waals surface area contributed by atoms with Crippen molar-refractivity contribution in [1.82, 2.24) is 4.57 Å². The molecule has 5 heteroatoms. The molecule has 0 aliphatic heterocycles. The third-order valence-electron chi connectivity index (χ3n) is 2.17. The van der Waals surface area contributed by atoms with Crippen LogP contribution in [0.2, 0.25) is 0 Å². The summed E-state index contributed by atoms with van der Waals surface area (Å²) in [5.41, 5.74) is -0.288. The number of aromatic carboxylic acids is 1. The summed E-state index contributed by atoms with van der Waals surface area (Å²) in [6.07, 6.45) is 1.32. The molecular formula is C9H10BNO3. The van der Waals surface area contributed by atoms with Gasteiger partial charge >= 0.3 is 5.97 Å². The van der Waals surface area contributed by atoms with E-state index in [0.29, 0.717) is 12.2 Å². The molecule has 0 amide bonds. The van der Waals surface area contributed by atoms with Crippen LogP contribution in [-0.2, 0) is 6.54 Å². The number of rotatable bonds is 2. The van der Waals surface area contributed by atoms with Gasteiger partial charge in [-0.15, -0.1) is 0 Å². The van der Waals surface area contributed by atoms with Gasteiger partial charge in [-0.05, 0) is 19.3 Å². The predicted molar refractivity (Wildman–Crippen MR) is 53.5 cm³/mol. The van der Waals surface area contributed by atoms with Crippen LogP contribution in [0.4, 0.5) is 0 Å². The number of aromatic nitrogens is 1. The van der Waals surface area contributed by atoms with Crippen LogP contribution in [0.5, 0.6) is 0 Å². The van der Waals surface area contributed by atoms with E-state index in [9.17, 15) is 9.59 Å². The first kappa shape index (κ1) is 10.6. The fraction of sp³-hybridized carbons (Fsp3) is 0.333. The molecule has 0 saturated carbocycles. The fourth-order valence-corrected chi connectivity index (χ4v) is 1.26. The highest BCUT2D eigenvalue weighted by Crippen LogP contribution is 1.96. The number of carboxylic acid groups (broad SMARTS) is 1. The fourth-order valence-electron chi connectivity index (χ4n) is 1.26. The lowest BCUT2D eigenvalue weighted by atomic mass is 9.92. The molecule has 1 N–H and O–H groups in total. The van der Waals surface area contributed by atoms with E-state index in [1.165, 1.54) is 6.20 Å². The average molecular weight is 191 g/mol. The summed E-state index contributed by atoms with van der Waals surface area (Å²) in [5.74, 6) is -1.25. The maximum atomic E-state index is 11.4. The number of aryl methyl sites for hydroxylation is 1. The first-order valence-electron chi connectivity index (χ1n) is 4.21. The van der Waals surface area contributed by atoms with Crippen molar-refractivity contribution in [2.45, 2.75) is 20.4 Å². The summed E-state index contributed by atoms with van der Waals surface area (Å²) < 4.78 is 1.64. The lowest BCUT2D eigenvalue weighted by Crippen LogP contribution is -2.35. The summed E-state index contributed by atoms with van der Waals surface area (Å²) in [6, 6.07) is 0. The molecule has 1 heterocycles. The number of carbonyl (C=O) groups is 1. The zero-order valence-electron chi connectivity index (χ0n) is 8.07. The number of nitrogens with zero attached hydrogens (tertiary/aromatic N) is 1. The van der Waals surface area contributed by atoms with Gasteiger partial charge in [0.15, 0.2) is 5.43 Å². The molecule has 0 fully saturated rings. The molecule has 72 valence electrons. The Morgan fingerprint density at radius 1 is 1.64 bits per heavy atom. The van der Waals surface area contributed by atoms with E-state index in [1.54, 1.807) is 11.5 Å². The third-order valence-corrected chi connectivity index (χ3v) is 2.17. The second-order valence-electron chi connectivity index (χ2n) is 2.96. The molecule has 0 aromatic carbocycles. The Balaban J connectivity index is 3.57. The zero-order chi connectivity index (χ0) is 10.9. The Bertz CT molecular complexity index is 436. The molecule has 14 heavy (non-hydrogen) atoms. The summed E-state index contributed by atoms with van der Waals surface area (Å²) in [6.45, 7) is 4.12. The summed E-state index contributed by atoms with van der Waals surface area (Å²) in [5, 5.41) is 8.73. The number of hydrogen-bond donors (Lipinski definition) is 1. The number of hydrogen-bond acceptors (Lipinski definition) is 2. The number of pyridine rings is 1. The normalized spacial score (nSPS) is 10.1. The van der Waals surface area contributed by atoms with E-state index < -0.39 is 11.4 Å². The molecular weight excluding hydrogens is 181 g/mol. The van der Waals surface area contributed by atoms with Gasteiger partial charge in [-0.3, -0.25) is 4.79 Å². The van der Waals surface area contributed by atoms with Crippen molar-refractivity contribution in [2.24, 2.45) is 0 Å². The van der Waals surface area contributed by atoms with Crippen molar-refractivity contribution in [3.05, 3.63) is 27.7 Å². The second-order valence-corrected chi connectivity index (χ2v) is 2.96.